The third-order valence-electron chi connectivity index (χ3n) is 5.71. The average Bonchev–Trinajstić information content (AvgIpc) is 3.19. The molecule has 0 unspecified atom stereocenters. The van der Waals surface area contributed by atoms with Crippen molar-refractivity contribution in [3.05, 3.63) is 114 Å². The molecule has 1 aromatic heterocycles. The minimum atomic E-state index is 0.803. The molecule has 0 saturated heterocycles. The molecule has 5 aromatic carbocycles. The van der Waals surface area contributed by atoms with Gasteiger partial charge in [0.15, 0.2) is 0 Å². The number of halogens is 1. The Bertz CT molecular complexity index is 1550. The lowest BCUT2D eigenvalue weighted by Crippen LogP contribution is -2.10. The van der Waals surface area contributed by atoms with Crippen LogP contribution >= 0.6 is 22.9 Å². The topological polar surface area (TPSA) is 3.24 Å². The van der Waals surface area contributed by atoms with E-state index in [0.29, 0.717) is 0 Å². The summed E-state index contributed by atoms with van der Waals surface area (Å²) in [6, 6.07) is 38.4. The van der Waals surface area contributed by atoms with Gasteiger partial charge >= 0.3 is 0 Å². The van der Waals surface area contributed by atoms with Crippen LogP contribution in [0.5, 0.6) is 0 Å². The van der Waals surface area contributed by atoms with E-state index in [1.807, 2.05) is 12.1 Å². The number of para-hydroxylation sites is 1. The minimum Gasteiger partial charge on any atom is -0.310 e. The zero-order valence-corrected chi connectivity index (χ0v) is 18.2. The van der Waals surface area contributed by atoms with Crippen LogP contribution in [0.25, 0.3) is 30.9 Å². The molecule has 3 heteroatoms. The molecule has 0 saturated carbocycles. The van der Waals surface area contributed by atoms with E-state index in [1.165, 1.54) is 25.6 Å². The van der Waals surface area contributed by atoms with Gasteiger partial charge in [-0.2, -0.15) is 0 Å². The first kappa shape index (κ1) is 18.4. The number of benzene rings is 5. The van der Waals surface area contributed by atoms with E-state index in [0.717, 1.165) is 27.5 Å². The molecule has 0 bridgehead atoms. The summed E-state index contributed by atoms with van der Waals surface area (Å²) < 4.78 is 2.47. The maximum absolute atomic E-state index is 6.61. The first-order chi connectivity index (χ1) is 15.3. The monoisotopic (exact) mass is 435 g/mol. The van der Waals surface area contributed by atoms with Gasteiger partial charge in [-0.3, -0.25) is 0 Å². The molecular formula is C28H18ClNS. The average molecular weight is 436 g/mol. The fraction of sp³-hybridized carbons (Fsp3) is 0. The maximum atomic E-state index is 6.61. The molecule has 0 aliphatic carbocycles. The minimum absolute atomic E-state index is 0.803. The normalized spacial score (nSPS) is 11.4. The summed E-state index contributed by atoms with van der Waals surface area (Å²) in [7, 11) is 0. The molecule has 148 valence electrons. The molecule has 6 rings (SSSR count). The fourth-order valence-corrected chi connectivity index (χ4v) is 5.76. The Morgan fingerprint density at radius 3 is 2.26 bits per heavy atom. The maximum Gasteiger partial charge on any atom is 0.0540 e. The molecule has 0 N–H and O–H groups in total. The van der Waals surface area contributed by atoms with Crippen molar-refractivity contribution in [2.75, 3.05) is 4.90 Å². The Labute approximate surface area is 189 Å². The van der Waals surface area contributed by atoms with Gasteiger partial charge in [-0.25, -0.2) is 0 Å². The first-order valence-corrected chi connectivity index (χ1v) is 11.4. The van der Waals surface area contributed by atoms with Gasteiger partial charge in [0.25, 0.3) is 0 Å². The van der Waals surface area contributed by atoms with Crippen molar-refractivity contribution < 1.29 is 0 Å². The third kappa shape index (κ3) is 3.07. The number of rotatable bonds is 3. The van der Waals surface area contributed by atoms with E-state index in [4.69, 9.17) is 11.6 Å². The lowest BCUT2D eigenvalue weighted by molar-refractivity contribution is 1.30. The zero-order valence-electron chi connectivity index (χ0n) is 16.6. The van der Waals surface area contributed by atoms with Crippen LogP contribution in [0.15, 0.2) is 109 Å². The summed E-state index contributed by atoms with van der Waals surface area (Å²) in [5.74, 6) is 0. The number of nitrogens with zero attached hydrogens (tertiary/aromatic N) is 1. The van der Waals surface area contributed by atoms with Gasteiger partial charge in [-0.15, -0.1) is 11.3 Å². The van der Waals surface area contributed by atoms with Gasteiger partial charge in [0.05, 0.1) is 5.69 Å². The summed E-state index contributed by atoms with van der Waals surface area (Å²) in [6.07, 6.45) is 0. The van der Waals surface area contributed by atoms with Gasteiger partial charge in [-0.05, 0) is 53.9 Å². The predicted molar refractivity (Wildman–Crippen MR) is 137 cm³/mol. The smallest absolute Gasteiger partial charge is 0.0540 e. The molecule has 0 atom stereocenters. The van der Waals surface area contributed by atoms with Crippen molar-refractivity contribution >= 4 is 70.9 Å². The molecule has 0 aliphatic heterocycles. The van der Waals surface area contributed by atoms with Gasteiger partial charge in [0, 0.05) is 42.0 Å². The molecule has 0 aliphatic rings. The van der Waals surface area contributed by atoms with Crippen molar-refractivity contribution in [2.45, 2.75) is 0 Å². The van der Waals surface area contributed by atoms with E-state index in [9.17, 15) is 0 Å². The van der Waals surface area contributed by atoms with Gasteiger partial charge in [0.1, 0.15) is 0 Å². The molecule has 0 spiro atoms. The summed E-state index contributed by atoms with van der Waals surface area (Å²) in [4.78, 5) is 2.34. The van der Waals surface area contributed by atoms with Crippen LogP contribution in [-0.2, 0) is 0 Å². The largest absolute Gasteiger partial charge is 0.310 e. The zero-order chi connectivity index (χ0) is 20.8. The van der Waals surface area contributed by atoms with Crippen molar-refractivity contribution in [2.24, 2.45) is 0 Å². The highest BCUT2D eigenvalue weighted by Gasteiger charge is 2.17. The van der Waals surface area contributed by atoms with Crippen LogP contribution in [0.1, 0.15) is 0 Å². The standard InChI is InChI=1S/C28H18ClNS/c29-24-13-7-15-27-28(24)23-18-21(16-17-26(23)31-27)30(20-10-2-1-3-11-20)25-14-6-9-19-8-4-5-12-22(19)25/h1-18H. The van der Waals surface area contributed by atoms with E-state index in [1.54, 1.807) is 11.3 Å². The Morgan fingerprint density at radius 2 is 1.35 bits per heavy atom. The Morgan fingerprint density at radius 1 is 0.581 bits per heavy atom. The molecule has 31 heavy (non-hydrogen) atoms. The second kappa shape index (κ2) is 7.42. The van der Waals surface area contributed by atoms with Crippen molar-refractivity contribution in [1.29, 1.82) is 0 Å². The van der Waals surface area contributed by atoms with Crippen LogP contribution in [-0.4, -0.2) is 0 Å². The van der Waals surface area contributed by atoms with Crippen LogP contribution < -0.4 is 4.90 Å². The van der Waals surface area contributed by atoms with E-state index >= 15 is 0 Å². The fourth-order valence-electron chi connectivity index (χ4n) is 4.32. The summed E-state index contributed by atoms with van der Waals surface area (Å²) in [6.45, 7) is 0. The lowest BCUT2D eigenvalue weighted by atomic mass is 10.1. The lowest BCUT2D eigenvalue weighted by Gasteiger charge is -2.27. The molecular weight excluding hydrogens is 418 g/mol. The van der Waals surface area contributed by atoms with Crippen LogP contribution in [0.3, 0.4) is 0 Å². The van der Waals surface area contributed by atoms with Crippen molar-refractivity contribution in [1.82, 2.24) is 0 Å². The summed E-state index contributed by atoms with van der Waals surface area (Å²) in [5.41, 5.74) is 3.41. The van der Waals surface area contributed by atoms with Gasteiger partial charge < -0.3 is 4.90 Å². The second-order valence-corrected chi connectivity index (χ2v) is 9.06. The highest BCUT2D eigenvalue weighted by Crippen LogP contribution is 2.43. The summed E-state index contributed by atoms with van der Waals surface area (Å²) in [5, 5.41) is 5.59. The van der Waals surface area contributed by atoms with Gasteiger partial charge in [0.2, 0.25) is 0 Å². The van der Waals surface area contributed by atoms with Crippen molar-refractivity contribution in [3.63, 3.8) is 0 Å². The quantitative estimate of drug-likeness (QED) is 0.267. The third-order valence-corrected chi connectivity index (χ3v) is 7.16. The number of anilines is 3. The number of fused-ring (bicyclic) bond motifs is 4. The van der Waals surface area contributed by atoms with E-state index < -0.39 is 0 Å². The number of hydrogen-bond donors (Lipinski definition) is 0. The molecule has 6 aromatic rings. The van der Waals surface area contributed by atoms with Crippen LogP contribution in [0.2, 0.25) is 5.02 Å². The molecule has 0 fully saturated rings. The van der Waals surface area contributed by atoms with Gasteiger partial charge in [-0.1, -0.05) is 72.3 Å². The molecule has 1 nitrogen and oxygen atoms in total. The summed E-state index contributed by atoms with van der Waals surface area (Å²) >= 11 is 8.40. The molecule has 0 amide bonds. The molecule has 0 radical (unpaired) electrons. The second-order valence-electron chi connectivity index (χ2n) is 7.56. The number of thiophene rings is 1. The number of hydrogen-bond acceptors (Lipinski definition) is 2. The van der Waals surface area contributed by atoms with E-state index in [-0.39, 0.29) is 0 Å². The van der Waals surface area contributed by atoms with Crippen molar-refractivity contribution in [3.8, 4) is 0 Å². The Balaban J connectivity index is 1.65. The van der Waals surface area contributed by atoms with E-state index in [2.05, 4.69) is 102 Å². The highest BCUT2D eigenvalue weighted by atomic mass is 35.5. The van der Waals surface area contributed by atoms with Crippen LogP contribution in [0, 0.1) is 0 Å². The Hall–Kier alpha value is -3.33. The Kier molecular flexibility index (Phi) is 4.41. The molecule has 1 heterocycles. The van der Waals surface area contributed by atoms with Crippen LogP contribution in [0.4, 0.5) is 17.1 Å². The predicted octanol–water partition coefficient (Wildman–Crippen LogP) is 9.33. The highest BCUT2D eigenvalue weighted by molar-refractivity contribution is 7.26. The SMILES string of the molecule is Clc1cccc2sc3ccc(N(c4ccccc4)c4cccc5ccccc45)cc3c12. The first-order valence-electron chi connectivity index (χ1n) is 10.2.